The summed E-state index contributed by atoms with van der Waals surface area (Å²) in [5.41, 5.74) is 5.58. The number of carbonyl (C=O) groups is 2. The number of hydrogen-bond acceptors (Lipinski definition) is 4. The van der Waals surface area contributed by atoms with Crippen molar-refractivity contribution in [2.24, 2.45) is 0 Å². The van der Waals surface area contributed by atoms with E-state index in [0.717, 1.165) is 16.7 Å². The number of anilines is 1. The van der Waals surface area contributed by atoms with Gasteiger partial charge in [-0.25, -0.2) is 0 Å². The summed E-state index contributed by atoms with van der Waals surface area (Å²) < 4.78 is 0. The SMILES string of the molecule is Cc1ccc(-c2cccc(C(O)C3NCN(CC(=O)Nc4cccc(C)c4)C3=O)c2)cc1. The van der Waals surface area contributed by atoms with Crippen LogP contribution in [0, 0.1) is 13.8 Å². The molecule has 4 rings (SSSR count). The van der Waals surface area contributed by atoms with Crippen molar-refractivity contribution >= 4 is 17.5 Å². The van der Waals surface area contributed by atoms with E-state index in [1.807, 2.05) is 86.6 Å². The van der Waals surface area contributed by atoms with Gasteiger partial charge >= 0.3 is 0 Å². The van der Waals surface area contributed by atoms with Crippen molar-refractivity contribution in [1.29, 1.82) is 0 Å². The average molecular weight is 430 g/mol. The van der Waals surface area contributed by atoms with Crippen LogP contribution in [-0.2, 0) is 9.59 Å². The first-order chi connectivity index (χ1) is 15.4. The molecule has 0 bridgehead atoms. The number of benzene rings is 3. The zero-order valence-corrected chi connectivity index (χ0v) is 18.2. The number of hydrogen-bond donors (Lipinski definition) is 3. The van der Waals surface area contributed by atoms with Gasteiger partial charge in [-0.1, -0.05) is 60.2 Å². The first kappa shape index (κ1) is 21.7. The predicted molar refractivity (Wildman–Crippen MR) is 125 cm³/mol. The second-order valence-electron chi connectivity index (χ2n) is 8.23. The fraction of sp³-hybridized carbons (Fsp3) is 0.231. The fourth-order valence-electron chi connectivity index (χ4n) is 3.89. The second-order valence-corrected chi connectivity index (χ2v) is 8.23. The molecule has 0 radical (unpaired) electrons. The highest BCUT2D eigenvalue weighted by atomic mass is 16.3. The minimum Gasteiger partial charge on any atom is -0.386 e. The number of nitrogens with one attached hydrogen (secondary N) is 2. The molecule has 2 unspecified atom stereocenters. The summed E-state index contributed by atoms with van der Waals surface area (Å²) in [6.45, 7) is 4.11. The van der Waals surface area contributed by atoms with Gasteiger partial charge in [-0.3, -0.25) is 14.9 Å². The van der Waals surface area contributed by atoms with Gasteiger partial charge < -0.3 is 15.3 Å². The third-order valence-corrected chi connectivity index (χ3v) is 5.64. The van der Waals surface area contributed by atoms with Gasteiger partial charge in [-0.05, 0) is 54.3 Å². The Hall–Kier alpha value is -3.48. The molecular formula is C26H27N3O3. The van der Waals surface area contributed by atoms with Crippen molar-refractivity contribution in [3.63, 3.8) is 0 Å². The van der Waals surface area contributed by atoms with Crippen LogP contribution in [0.4, 0.5) is 5.69 Å². The summed E-state index contributed by atoms with van der Waals surface area (Å²) in [5.74, 6) is -0.570. The van der Waals surface area contributed by atoms with E-state index in [2.05, 4.69) is 10.6 Å². The van der Waals surface area contributed by atoms with Crippen LogP contribution in [0.15, 0.2) is 72.8 Å². The minimum atomic E-state index is -1.02. The molecule has 164 valence electrons. The molecule has 0 aliphatic carbocycles. The summed E-state index contributed by atoms with van der Waals surface area (Å²) in [7, 11) is 0. The lowest BCUT2D eigenvalue weighted by Gasteiger charge is -2.19. The molecule has 0 spiro atoms. The van der Waals surface area contributed by atoms with Gasteiger partial charge in [0, 0.05) is 5.69 Å². The highest BCUT2D eigenvalue weighted by molar-refractivity contribution is 5.96. The normalized spacial score (nSPS) is 16.8. The van der Waals surface area contributed by atoms with Crippen LogP contribution in [0.25, 0.3) is 11.1 Å². The van der Waals surface area contributed by atoms with Crippen LogP contribution in [-0.4, -0.2) is 41.1 Å². The molecule has 6 heteroatoms. The topological polar surface area (TPSA) is 81.7 Å². The third-order valence-electron chi connectivity index (χ3n) is 5.64. The molecule has 32 heavy (non-hydrogen) atoms. The van der Waals surface area contributed by atoms with Crippen molar-refractivity contribution < 1.29 is 14.7 Å². The molecule has 3 aromatic rings. The predicted octanol–water partition coefficient (Wildman–Crippen LogP) is 3.40. The van der Waals surface area contributed by atoms with Crippen molar-refractivity contribution in [3.8, 4) is 11.1 Å². The molecule has 0 aromatic heterocycles. The number of aliphatic hydroxyl groups excluding tert-OH is 1. The summed E-state index contributed by atoms with van der Waals surface area (Å²) in [6, 6.07) is 22.4. The molecule has 6 nitrogen and oxygen atoms in total. The molecule has 1 aliphatic heterocycles. The lowest BCUT2D eigenvalue weighted by Crippen LogP contribution is -2.38. The molecule has 1 heterocycles. The van der Waals surface area contributed by atoms with E-state index in [0.29, 0.717) is 11.3 Å². The van der Waals surface area contributed by atoms with E-state index in [9.17, 15) is 14.7 Å². The molecule has 1 aliphatic rings. The van der Waals surface area contributed by atoms with Crippen molar-refractivity contribution in [2.45, 2.75) is 26.0 Å². The minimum absolute atomic E-state index is 0.0770. The first-order valence-corrected chi connectivity index (χ1v) is 10.6. The Morgan fingerprint density at radius 1 is 1.03 bits per heavy atom. The Morgan fingerprint density at radius 3 is 2.53 bits per heavy atom. The largest absolute Gasteiger partial charge is 0.386 e. The van der Waals surface area contributed by atoms with E-state index < -0.39 is 12.1 Å². The maximum atomic E-state index is 12.9. The summed E-state index contributed by atoms with van der Waals surface area (Å²) in [5, 5.41) is 16.8. The van der Waals surface area contributed by atoms with Crippen molar-refractivity contribution in [1.82, 2.24) is 10.2 Å². The summed E-state index contributed by atoms with van der Waals surface area (Å²) in [4.78, 5) is 26.7. The summed E-state index contributed by atoms with van der Waals surface area (Å²) in [6.07, 6.45) is -1.02. The molecule has 1 fully saturated rings. The molecule has 1 saturated heterocycles. The number of aliphatic hydroxyl groups is 1. The highest BCUT2D eigenvalue weighted by Crippen LogP contribution is 2.27. The van der Waals surface area contributed by atoms with Gasteiger partial charge in [0.05, 0.1) is 6.67 Å². The van der Waals surface area contributed by atoms with Crippen molar-refractivity contribution in [2.75, 3.05) is 18.5 Å². The molecule has 3 N–H and O–H groups in total. The van der Waals surface area contributed by atoms with E-state index in [-0.39, 0.29) is 25.0 Å². The lowest BCUT2D eigenvalue weighted by molar-refractivity contribution is -0.134. The monoisotopic (exact) mass is 429 g/mol. The fourth-order valence-corrected chi connectivity index (χ4v) is 3.89. The van der Waals surface area contributed by atoms with Gasteiger partial charge in [0.1, 0.15) is 18.7 Å². The van der Waals surface area contributed by atoms with E-state index >= 15 is 0 Å². The van der Waals surface area contributed by atoms with E-state index in [1.54, 1.807) is 0 Å². The number of rotatable bonds is 6. The molecular weight excluding hydrogens is 402 g/mol. The lowest BCUT2D eigenvalue weighted by atomic mass is 9.97. The van der Waals surface area contributed by atoms with Crippen molar-refractivity contribution in [3.05, 3.63) is 89.5 Å². The molecule has 2 amide bonds. The number of nitrogens with zero attached hydrogens (tertiary/aromatic N) is 1. The highest BCUT2D eigenvalue weighted by Gasteiger charge is 2.37. The standard InChI is InChI=1S/C26H27N3O3/c1-17-9-11-19(12-10-17)20-6-4-7-21(14-20)25(31)24-26(32)29(16-27-24)15-23(30)28-22-8-3-5-18(2)13-22/h3-14,24-25,27,31H,15-16H2,1-2H3,(H,28,30). The van der Waals surface area contributed by atoms with E-state index in [4.69, 9.17) is 0 Å². The number of aryl methyl sites for hydroxylation is 2. The van der Waals surface area contributed by atoms with Crippen LogP contribution < -0.4 is 10.6 Å². The Labute approximate surface area is 187 Å². The number of carbonyl (C=O) groups excluding carboxylic acids is 2. The Kier molecular flexibility index (Phi) is 6.35. The van der Waals surface area contributed by atoms with Crippen LogP contribution >= 0.6 is 0 Å². The second kappa shape index (κ2) is 9.34. The zero-order chi connectivity index (χ0) is 22.7. The maximum absolute atomic E-state index is 12.9. The summed E-state index contributed by atoms with van der Waals surface area (Å²) >= 11 is 0. The van der Waals surface area contributed by atoms with Gasteiger partial charge in [0.25, 0.3) is 0 Å². The van der Waals surface area contributed by atoms with Gasteiger partial charge in [0.2, 0.25) is 11.8 Å². The Bertz CT molecular complexity index is 1130. The smallest absolute Gasteiger partial charge is 0.244 e. The quantitative estimate of drug-likeness (QED) is 0.561. The Balaban J connectivity index is 1.41. The third kappa shape index (κ3) is 4.88. The van der Waals surface area contributed by atoms with E-state index in [1.165, 1.54) is 10.5 Å². The average Bonchev–Trinajstić information content (AvgIpc) is 3.13. The molecule has 2 atom stereocenters. The van der Waals surface area contributed by atoms with Gasteiger partial charge in [-0.2, -0.15) is 0 Å². The molecule has 0 saturated carbocycles. The maximum Gasteiger partial charge on any atom is 0.244 e. The molecule has 3 aromatic carbocycles. The van der Waals surface area contributed by atoms with Gasteiger partial charge in [-0.15, -0.1) is 0 Å². The Morgan fingerprint density at radius 2 is 1.78 bits per heavy atom. The number of amides is 2. The zero-order valence-electron chi connectivity index (χ0n) is 18.2. The van der Waals surface area contributed by atoms with Gasteiger partial charge in [0.15, 0.2) is 0 Å². The van der Waals surface area contributed by atoms with Crippen LogP contribution in [0.3, 0.4) is 0 Å². The van der Waals surface area contributed by atoms with Crippen LogP contribution in [0.2, 0.25) is 0 Å². The van der Waals surface area contributed by atoms with Crippen LogP contribution in [0.1, 0.15) is 22.8 Å². The van der Waals surface area contributed by atoms with Crippen LogP contribution in [0.5, 0.6) is 0 Å². The first-order valence-electron chi connectivity index (χ1n) is 10.6.